The van der Waals surface area contributed by atoms with Gasteiger partial charge >= 0.3 is 5.97 Å². The van der Waals surface area contributed by atoms with Gasteiger partial charge in [0.2, 0.25) is 0 Å². The van der Waals surface area contributed by atoms with Gasteiger partial charge in [0.1, 0.15) is 31.3 Å². The highest BCUT2D eigenvalue weighted by Gasteiger charge is 2.68. The number of nitrogens with zero attached hydrogens (tertiary/aromatic N) is 2. The van der Waals surface area contributed by atoms with Crippen molar-refractivity contribution in [2.75, 3.05) is 45.9 Å². The summed E-state index contributed by atoms with van der Waals surface area (Å²) in [6.07, 6.45) is 11.4. The van der Waals surface area contributed by atoms with Crippen molar-refractivity contribution in [3.05, 3.63) is 17.9 Å². The Hall–Kier alpha value is -0.990. The van der Waals surface area contributed by atoms with E-state index in [2.05, 4.69) is 26.5 Å². The first-order chi connectivity index (χ1) is 18.6. The molecule has 39 heavy (non-hydrogen) atoms. The van der Waals surface area contributed by atoms with Gasteiger partial charge in [-0.05, 0) is 67.3 Å². The van der Waals surface area contributed by atoms with Crippen molar-refractivity contribution in [2.24, 2.45) is 34.5 Å². The summed E-state index contributed by atoms with van der Waals surface area (Å²) in [7, 11) is 0. The van der Waals surface area contributed by atoms with Gasteiger partial charge in [-0.25, -0.2) is 0 Å². The number of esters is 1. The molecular formula is C32H53N2O5+. The zero-order chi connectivity index (χ0) is 27.6. The molecule has 4 saturated carbocycles. The Kier molecular flexibility index (Phi) is 7.27. The van der Waals surface area contributed by atoms with Crippen molar-refractivity contribution < 1.29 is 28.5 Å². The second-order valence-corrected chi connectivity index (χ2v) is 15.0. The number of hydroxylamine groups is 3. The minimum absolute atomic E-state index is 0.000178. The van der Waals surface area contributed by atoms with E-state index >= 15 is 0 Å². The number of carbonyl (C=O) groups excluding carboxylic acids is 1. The molecule has 4 aliphatic carbocycles. The molecule has 7 heteroatoms. The molecule has 2 saturated heterocycles. The molecule has 2 heterocycles. The average Bonchev–Trinajstić information content (AvgIpc) is 3.48. The quantitative estimate of drug-likeness (QED) is 0.240. The summed E-state index contributed by atoms with van der Waals surface area (Å²) in [6.45, 7) is 15.9. The second-order valence-electron chi connectivity index (χ2n) is 15.0. The maximum atomic E-state index is 14.0. The molecule has 2 aliphatic heterocycles. The number of ether oxygens (including phenoxy) is 2. The molecule has 0 spiro atoms. The molecule has 220 valence electrons. The van der Waals surface area contributed by atoms with Gasteiger partial charge < -0.3 is 28.9 Å². The highest BCUT2D eigenvalue weighted by molar-refractivity contribution is 5.66. The van der Waals surface area contributed by atoms with Crippen molar-refractivity contribution in [3.63, 3.8) is 0 Å². The summed E-state index contributed by atoms with van der Waals surface area (Å²) in [5, 5.41) is 25.2. The summed E-state index contributed by atoms with van der Waals surface area (Å²) in [4.78, 5) is 12.5. The van der Waals surface area contributed by atoms with Gasteiger partial charge in [0.15, 0.2) is 6.10 Å². The number of fused-ring (bicyclic) bond motifs is 5. The molecule has 0 aromatic rings. The number of aliphatic hydroxyl groups is 1. The van der Waals surface area contributed by atoms with Crippen molar-refractivity contribution in [1.82, 2.24) is 0 Å². The number of carbonyl (C=O) groups is 1. The van der Waals surface area contributed by atoms with E-state index in [4.69, 9.17) is 9.47 Å². The van der Waals surface area contributed by atoms with Gasteiger partial charge in [-0.2, -0.15) is 0 Å². The van der Waals surface area contributed by atoms with E-state index in [1.165, 1.54) is 19.3 Å². The van der Waals surface area contributed by atoms with Crippen LogP contribution in [0.25, 0.3) is 0 Å². The van der Waals surface area contributed by atoms with Gasteiger partial charge in [0.25, 0.3) is 0 Å². The Labute approximate surface area is 235 Å². The Balaban J connectivity index is 1.31. The van der Waals surface area contributed by atoms with Crippen LogP contribution in [0.15, 0.2) is 12.7 Å². The SMILES string of the molecule is C=CC[N+]1([C@H]2C[C@H]3[C@@H]4CC[C@H]5C[C@H](O)[C@@H]([N+]6([O-])CCOCC6)C[C@]5(C)[C@H]4CC[C@]3(C)[C@H]2OC(C)=O)CCCC1. The van der Waals surface area contributed by atoms with Crippen LogP contribution < -0.4 is 0 Å². The number of hydrogen-bond acceptors (Lipinski definition) is 5. The van der Waals surface area contributed by atoms with Crippen LogP contribution in [-0.4, -0.2) is 90.4 Å². The summed E-state index contributed by atoms with van der Waals surface area (Å²) in [6, 6.07) is 0.108. The lowest BCUT2D eigenvalue weighted by Crippen LogP contribution is -2.66. The fraction of sp³-hybridized carbons (Fsp3) is 0.906. The number of hydrogen-bond donors (Lipinski definition) is 1. The van der Waals surface area contributed by atoms with Gasteiger partial charge in [-0.1, -0.05) is 20.4 Å². The number of likely N-dealkylation sites (tertiary alicyclic amines) is 1. The van der Waals surface area contributed by atoms with Gasteiger partial charge in [0, 0.05) is 38.0 Å². The van der Waals surface area contributed by atoms with Crippen LogP contribution in [-0.2, 0) is 14.3 Å². The summed E-state index contributed by atoms with van der Waals surface area (Å²) >= 11 is 0. The van der Waals surface area contributed by atoms with E-state index in [0.717, 1.165) is 62.6 Å². The molecule has 0 aromatic heterocycles. The second kappa shape index (κ2) is 10.1. The first kappa shape index (κ1) is 28.1. The maximum absolute atomic E-state index is 14.0. The molecule has 6 fully saturated rings. The standard InChI is InChI=1S/C32H53N2O5/c1-5-12-33(13-6-7-14-33)27-20-26-24-9-8-23-19-29(36)28(34(37)15-17-38-18-16-34)21-32(23,4)25(24)10-11-31(26,3)30(27)39-22(2)35/h5,23-30,36H,1,6-21H2,2-4H3/q+1/t23-,24+,25-,26-,27-,28-,29-,30-,31-,32-/m0/s1. The molecule has 10 atom stereocenters. The third-order valence-electron chi connectivity index (χ3n) is 13.4. The lowest BCUT2D eigenvalue weighted by Gasteiger charge is -2.64. The number of quaternary nitrogens is 2. The van der Waals surface area contributed by atoms with Crippen molar-refractivity contribution in [3.8, 4) is 0 Å². The van der Waals surface area contributed by atoms with E-state index in [9.17, 15) is 15.1 Å². The fourth-order valence-corrected chi connectivity index (χ4v) is 11.5. The van der Waals surface area contributed by atoms with E-state index in [1.54, 1.807) is 6.92 Å². The molecule has 0 unspecified atom stereocenters. The largest absolute Gasteiger partial charge is 0.632 e. The molecule has 0 aromatic carbocycles. The number of aliphatic hydroxyl groups excluding tert-OH is 1. The smallest absolute Gasteiger partial charge is 0.303 e. The normalized spacial score (nSPS) is 48.4. The van der Waals surface area contributed by atoms with E-state index in [-0.39, 0.29) is 33.6 Å². The summed E-state index contributed by atoms with van der Waals surface area (Å²) in [5.41, 5.74) is 0.0813. The first-order valence-corrected chi connectivity index (χ1v) is 16.0. The zero-order valence-corrected chi connectivity index (χ0v) is 24.7. The third-order valence-corrected chi connectivity index (χ3v) is 13.4. The molecule has 0 radical (unpaired) electrons. The van der Waals surface area contributed by atoms with E-state index in [1.807, 2.05) is 0 Å². The number of morpholine rings is 1. The van der Waals surface area contributed by atoms with Crippen LogP contribution >= 0.6 is 0 Å². The fourth-order valence-electron chi connectivity index (χ4n) is 11.5. The molecule has 0 bridgehead atoms. The minimum atomic E-state index is -0.508. The van der Waals surface area contributed by atoms with Crippen molar-refractivity contribution in [1.29, 1.82) is 0 Å². The monoisotopic (exact) mass is 545 g/mol. The van der Waals surface area contributed by atoms with Gasteiger partial charge in [-0.3, -0.25) is 4.79 Å². The van der Waals surface area contributed by atoms with Crippen LogP contribution in [0.4, 0.5) is 0 Å². The topological polar surface area (TPSA) is 78.8 Å². The van der Waals surface area contributed by atoms with Crippen LogP contribution in [0.5, 0.6) is 0 Å². The van der Waals surface area contributed by atoms with Gasteiger partial charge in [-0.15, -0.1) is 0 Å². The molecule has 6 rings (SSSR count). The Morgan fingerprint density at radius 3 is 2.44 bits per heavy atom. The first-order valence-electron chi connectivity index (χ1n) is 16.0. The maximum Gasteiger partial charge on any atom is 0.303 e. The van der Waals surface area contributed by atoms with Crippen LogP contribution in [0, 0.1) is 39.7 Å². The molecule has 6 aliphatic rings. The minimum Gasteiger partial charge on any atom is -0.632 e. The predicted molar refractivity (Wildman–Crippen MR) is 150 cm³/mol. The van der Waals surface area contributed by atoms with Crippen LogP contribution in [0.2, 0.25) is 0 Å². The lowest BCUT2D eigenvalue weighted by molar-refractivity contribution is -0.937. The summed E-state index contributed by atoms with van der Waals surface area (Å²) < 4.78 is 12.6. The molecule has 7 nitrogen and oxygen atoms in total. The zero-order valence-electron chi connectivity index (χ0n) is 24.7. The molecular weight excluding hydrogens is 492 g/mol. The Bertz CT molecular complexity index is 945. The molecule has 1 N–H and O–H groups in total. The van der Waals surface area contributed by atoms with Crippen LogP contribution in [0.3, 0.4) is 0 Å². The lowest BCUT2D eigenvalue weighted by atomic mass is 9.44. The highest BCUT2D eigenvalue weighted by Crippen LogP contribution is 2.68. The van der Waals surface area contributed by atoms with Crippen molar-refractivity contribution in [2.45, 2.75) is 103 Å². The Morgan fingerprint density at radius 2 is 1.77 bits per heavy atom. The third kappa shape index (κ3) is 4.36. The van der Waals surface area contributed by atoms with E-state index < -0.39 is 6.10 Å². The summed E-state index contributed by atoms with van der Waals surface area (Å²) in [5.74, 6) is 2.05. The average molecular weight is 546 g/mol. The van der Waals surface area contributed by atoms with E-state index in [0.29, 0.717) is 56.0 Å². The highest BCUT2D eigenvalue weighted by atomic mass is 16.6. The van der Waals surface area contributed by atoms with Crippen molar-refractivity contribution >= 4 is 5.97 Å². The predicted octanol–water partition coefficient (Wildman–Crippen LogP) is 4.42. The molecule has 0 amide bonds. The Morgan fingerprint density at radius 1 is 1.05 bits per heavy atom. The van der Waals surface area contributed by atoms with Crippen LogP contribution in [0.1, 0.15) is 78.6 Å². The van der Waals surface area contributed by atoms with Gasteiger partial charge in [0.05, 0.1) is 32.8 Å². The number of rotatable bonds is 5.